The lowest BCUT2D eigenvalue weighted by Crippen LogP contribution is -2.43. The number of benzene rings is 2. The number of thioether (sulfide) groups is 1. The van der Waals surface area contributed by atoms with Crippen molar-refractivity contribution in [1.29, 1.82) is 0 Å². The molecular formula is C21H27N3S. The van der Waals surface area contributed by atoms with E-state index in [-0.39, 0.29) is 0 Å². The van der Waals surface area contributed by atoms with Gasteiger partial charge in [0.2, 0.25) is 0 Å². The Bertz CT molecular complexity index is 716. The highest BCUT2D eigenvalue weighted by Crippen LogP contribution is 2.16. The number of piperazine rings is 1. The molecule has 0 radical (unpaired) electrons. The molecule has 1 heterocycles. The summed E-state index contributed by atoms with van der Waals surface area (Å²) < 4.78 is 0. The molecule has 0 unspecified atom stereocenters. The maximum absolute atomic E-state index is 4.65. The first-order valence-corrected chi connectivity index (χ1v) is 10.1. The molecule has 1 aliphatic rings. The number of nitrogens with zero attached hydrogens (tertiary/aromatic N) is 3. The van der Waals surface area contributed by atoms with Crippen molar-refractivity contribution < 1.29 is 0 Å². The maximum atomic E-state index is 4.65. The lowest BCUT2D eigenvalue weighted by Gasteiger charge is -2.33. The van der Waals surface area contributed by atoms with Gasteiger partial charge in [0.1, 0.15) is 0 Å². The summed E-state index contributed by atoms with van der Waals surface area (Å²) in [5.41, 5.74) is 5.34. The van der Waals surface area contributed by atoms with E-state index in [1.54, 1.807) is 11.8 Å². The maximum Gasteiger partial charge on any atom is 0.0542 e. The van der Waals surface area contributed by atoms with E-state index >= 15 is 0 Å². The van der Waals surface area contributed by atoms with Crippen LogP contribution in [-0.4, -0.2) is 48.6 Å². The quantitative estimate of drug-likeness (QED) is 0.594. The van der Waals surface area contributed by atoms with Crippen molar-refractivity contribution in [2.75, 3.05) is 32.4 Å². The van der Waals surface area contributed by atoms with Crippen LogP contribution in [-0.2, 0) is 6.54 Å². The molecule has 0 N–H and O–H groups in total. The van der Waals surface area contributed by atoms with Gasteiger partial charge in [-0.25, -0.2) is 0 Å². The van der Waals surface area contributed by atoms with Gasteiger partial charge in [0.15, 0.2) is 0 Å². The zero-order valence-corrected chi connectivity index (χ0v) is 16.2. The van der Waals surface area contributed by atoms with Crippen LogP contribution in [0.3, 0.4) is 0 Å². The Morgan fingerprint density at radius 1 is 1.00 bits per heavy atom. The van der Waals surface area contributed by atoms with E-state index < -0.39 is 0 Å². The van der Waals surface area contributed by atoms with Crippen molar-refractivity contribution in [2.24, 2.45) is 5.10 Å². The predicted molar refractivity (Wildman–Crippen MR) is 109 cm³/mol. The Balaban J connectivity index is 1.50. The van der Waals surface area contributed by atoms with Gasteiger partial charge in [-0.15, -0.1) is 11.8 Å². The van der Waals surface area contributed by atoms with Gasteiger partial charge in [-0.05, 0) is 48.9 Å². The van der Waals surface area contributed by atoms with E-state index in [4.69, 9.17) is 0 Å². The molecule has 2 aromatic rings. The fraction of sp³-hybridized carbons (Fsp3) is 0.381. The normalized spacial score (nSPS) is 15.9. The van der Waals surface area contributed by atoms with Crippen molar-refractivity contribution in [3.63, 3.8) is 0 Å². The van der Waals surface area contributed by atoms with Crippen LogP contribution in [0, 0.1) is 13.8 Å². The summed E-state index contributed by atoms with van der Waals surface area (Å²) in [5.74, 6) is 0. The molecule has 1 saturated heterocycles. The predicted octanol–water partition coefficient (Wildman–Crippen LogP) is 4.18. The molecule has 1 fully saturated rings. The highest BCUT2D eigenvalue weighted by atomic mass is 32.2. The van der Waals surface area contributed by atoms with Crippen LogP contribution in [0.25, 0.3) is 0 Å². The molecule has 132 valence electrons. The van der Waals surface area contributed by atoms with E-state index in [9.17, 15) is 0 Å². The second-order valence-corrected chi connectivity index (χ2v) is 7.56. The summed E-state index contributed by atoms with van der Waals surface area (Å²) in [6, 6.07) is 15.3. The lowest BCUT2D eigenvalue weighted by atomic mass is 10.1. The number of hydrazone groups is 1. The van der Waals surface area contributed by atoms with Gasteiger partial charge in [0.25, 0.3) is 0 Å². The van der Waals surface area contributed by atoms with Crippen LogP contribution in [0.1, 0.15) is 22.3 Å². The number of hydrogen-bond donors (Lipinski definition) is 0. The summed E-state index contributed by atoms with van der Waals surface area (Å²) >= 11 is 1.77. The summed E-state index contributed by atoms with van der Waals surface area (Å²) in [5, 5.41) is 6.84. The number of hydrogen-bond acceptors (Lipinski definition) is 4. The van der Waals surface area contributed by atoms with Gasteiger partial charge in [-0.1, -0.05) is 35.9 Å². The van der Waals surface area contributed by atoms with Crippen molar-refractivity contribution in [3.8, 4) is 0 Å². The highest BCUT2D eigenvalue weighted by molar-refractivity contribution is 7.98. The Hall–Kier alpha value is -1.78. The number of aryl methyl sites for hydroxylation is 2. The second kappa shape index (κ2) is 8.54. The van der Waals surface area contributed by atoms with Crippen LogP contribution in [0.15, 0.2) is 52.5 Å². The topological polar surface area (TPSA) is 18.8 Å². The first-order valence-electron chi connectivity index (χ1n) is 8.85. The first kappa shape index (κ1) is 18.0. The van der Waals surface area contributed by atoms with Gasteiger partial charge < -0.3 is 0 Å². The number of rotatable bonds is 5. The summed E-state index contributed by atoms with van der Waals surface area (Å²) in [6.45, 7) is 9.52. The van der Waals surface area contributed by atoms with Crippen molar-refractivity contribution in [3.05, 3.63) is 64.7 Å². The van der Waals surface area contributed by atoms with E-state index in [1.165, 1.54) is 21.6 Å². The van der Waals surface area contributed by atoms with Crippen LogP contribution < -0.4 is 0 Å². The second-order valence-electron chi connectivity index (χ2n) is 6.68. The smallest absolute Gasteiger partial charge is 0.0542 e. The molecular weight excluding hydrogens is 326 g/mol. The van der Waals surface area contributed by atoms with Crippen molar-refractivity contribution >= 4 is 18.0 Å². The molecule has 25 heavy (non-hydrogen) atoms. The zero-order chi connectivity index (χ0) is 17.6. The molecule has 2 aromatic carbocycles. The lowest BCUT2D eigenvalue weighted by molar-refractivity contribution is 0.131. The van der Waals surface area contributed by atoms with Crippen molar-refractivity contribution in [1.82, 2.24) is 9.91 Å². The minimum atomic E-state index is 0.990. The van der Waals surface area contributed by atoms with Crippen LogP contribution in [0.2, 0.25) is 0 Å². The third-order valence-corrected chi connectivity index (χ3v) is 5.47. The fourth-order valence-electron chi connectivity index (χ4n) is 3.11. The largest absolute Gasteiger partial charge is 0.295 e. The van der Waals surface area contributed by atoms with Crippen LogP contribution >= 0.6 is 11.8 Å². The standard InChI is InChI=1S/C21H27N3S/c1-17-4-7-20(18(2)14-17)16-23-10-12-24(13-11-23)22-15-19-5-8-21(25-3)9-6-19/h4-9,14-15H,10-13,16H2,1-3H3/b22-15+. The summed E-state index contributed by atoms with van der Waals surface area (Å²) in [7, 11) is 0. The molecule has 0 amide bonds. The van der Waals surface area contributed by atoms with E-state index in [2.05, 4.69) is 77.6 Å². The van der Waals surface area contributed by atoms with Gasteiger partial charge in [0, 0.05) is 37.6 Å². The zero-order valence-electron chi connectivity index (χ0n) is 15.4. The van der Waals surface area contributed by atoms with Gasteiger partial charge in [-0.3, -0.25) is 9.91 Å². The van der Waals surface area contributed by atoms with E-state index in [0.29, 0.717) is 0 Å². The van der Waals surface area contributed by atoms with Gasteiger partial charge in [-0.2, -0.15) is 5.10 Å². The molecule has 3 nitrogen and oxygen atoms in total. The average molecular weight is 354 g/mol. The van der Waals surface area contributed by atoms with E-state index in [1.807, 2.05) is 6.21 Å². The third-order valence-electron chi connectivity index (χ3n) is 4.73. The molecule has 0 saturated carbocycles. The third kappa shape index (κ3) is 5.10. The Morgan fingerprint density at radius 2 is 1.72 bits per heavy atom. The Morgan fingerprint density at radius 3 is 2.36 bits per heavy atom. The fourth-order valence-corrected chi connectivity index (χ4v) is 3.52. The van der Waals surface area contributed by atoms with Gasteiger partial charge >= 0.3 is 0 Å². The molecule has 0 aliphatic carbocycles. The van der Waals surface area contributed by atoms with Crippen molar-refractivity contribution in [2.45, 2.75) is 25.3 Å². The first-order chi connectivity index (χ1) is 12.1. The minimum absolute atomic E-state index is 0.990. The summed E-state index contributed by atoms with van der Waals surface area (Å²) in [6.07, 6.45) is 4.07. The average Bonchev–Trinajstić information content (AvgIpc) is 2.64. The molecule has 4 heteroatoms. The Kier molecular flexibility index (Phi) is 6.16. The molecule has 0 spiro atoms. The minimum Gasteiger partial charge on any atom is -0.295 e. The molecule has 0 aromatic heterocycles. The monoisotopic (exact) mass is 353 g/mol. The molecule has 0 atom stereocenters. The molecule has 3 rings (SSSR count). The summed E-state index contributed by atoms with van der Waals surface area (Å²) in [4.78, 5) is 3.81. The van der Waals surface area contributed by atoms with Gasteiger partial charge in [0.05, 0.1) is 6.21 Å². The van der Waals surface area contributed by atoms with Crippen LogP contribution in [0.4, 0.5) is 0 Å². The highest BCUT2D eigenvalue weighted by Gasteiger charge is 2.16. The molecule has 1 aliphatic heterocycles. The SMILES string of the molecule is CSc1ccc(/C=N/N2CCN(Cc3ccc(C)cc3C)CC2)cc1. The molecule has 0 bridgehead atoms. The van der Waals surface area contributed by atoms with Crippen LogP contribution in [0.5, 0.6) is 0 Å². The Labute approximate surface area is 155 Å². The van der Waals surface area contributed by atoms with E-state index in [0.717, 1.165) is 38.3 Å².